The van der Waals surface area contributed by atoms with E-state index in [4.69, 9.17) is 5.26 Å². The Labute approximate surface area is 147 Å². The van der Waals surface area contributed by atoms with Crippen molar-refractivity contribution in [3.05, 3.63) is 59.4 Å². The first-order chi connectivity index (χ1) is 12.2. The summed E-state index contributed by atoms with van der Waals surface area (Å²) in [5, 5.41) is 21.5. The van der Waals surface area contributed by atoms with Crippen molar-refractivity contribution in [3.63, 3.8) is 0 Å². The number of aliphatic hydroxyl groups excluding tert-OH is 1. The molecule has 1 aromatic carbocycles. The normalized spacial score (nSPS) is 20.8. The summed E-state index contributed by atoms with van der Waals surface area (Å²) < 4.78 is 0. The zero-order valence-corrected chi connectivity index (χ0v) is 14.0. The number of hydrogen-bond acceptors (Lipinski definition) is 4. The van der Waals surface area contributed by atoms with Gasteiger partial charge in [0.25, 0.3) is 5.91 Å². The molecule has 3 rings (SSSR count). The minimum absolute atomic E-state index is 0.0466. The Balaban J connectivity index is 1.64. The van der Waals surface area contributed by atoms with Crippen molar-refractivity contribution in [2.45, 2.75) is 19.0 Å². The van der Waals surface area contributed by atoms with E-state index in [0.29, 0.717) is 17.8 Å². The number of aromatic amines is 1. The molecule has 1 saturated heterocycles. The number of aliphatic hydroxyl groups is 1. The van der Waals surface area contributed by atoms with Gasteiger partial charge in [-0.15, -0.1) is 0 Å². The summed E-state index contributed by atoms with van der Waals surface area (Å²) in [5.41, 5.74) is 2.03. The van der Waals surface area contributed by atoms with Crippen molar-refractivity contribution in [2.24, 2.45) is 5.92 Å². The highest BCUT2D eigenvalue weighted by Gasteiger charge is 2.30. The highest BCUT2D eigenvalue weighted by atomic mass is 16.3. The highest BCUT2D eigenvalue weighted by Crippen LogP contribution is 2.20. The number of rotatable bonds is 5. The van der Waals surface area contributed by atoms with Crippen molar-refractivity contribution in [1.82, 2.24) is 15.2 Å². The lowest BCUT2D eigenvalue weighted by Crippen LogP contribution is -2.53. The maximum Gasteiger partial charge on any atom is 0.253 e. The van der Waals surface area contributed by atoms with Crippen LogP contribution < -0.4 is 5.32 Å². The summed E-state index contributed by atoms with van der Waals surface area (Å²) >= 11 is 0. The predicted octanol–water partition coefficient (Wildman–Crippen LogP) is 1.50. The highest BCUT2D eigenvalue weighted by molar-refractivity contribution is 5.94. The van der Waals surface area contributed by atoms with Crippen LogP contribution in [0, 0.1) is 17.2 Å². The van der Waals surface area contributed by atoms with E-state index in [1.807, 2.05) is 24.3 Å². The molecule has 1 aromatic heterocycles. The molecule has 1 aliphatic rings. The Kier molecular flexibility index (Phi) is 5.49. The molecule has 1 amide bonds. The average Bonchev–Trinajstić information content (AvgIpc) is 3.12. The summed E-state index contributed by atoms with van der Waals surface area (Å²) in [7, 11) is 0. The SMILES string of the molecule is N#Cc1cc(C(=O)NC2CN(Cc3ccccc3)CCC2CO)c[nH]1. The number of nitrogens with one attached hydrogen (secondary N) is 2. The van der Waals surface area contributed by atoms with Gasteiger partial charge in [0.1, 0.15) is 11.8 Å². The minimum Gasteiger partial charge on any atom is -0.396 e. The average molecular weight is 338 g/mol. The molecular weight excluding hydrogens is 316 g/mol. The van der Waals surface area contributed by atoms with Crippen LogP contribution in [-0.4, -0.2) is 46.6 Å². The van der Waals surface area contributed by atoms with Crippen LogP contribution >= 0.6 is 0 Å². The first-order valence-corrected chi connectivity index (χ1v) is 8.46. The third kappa shape index (κ3) is 4.27. The molecule has 2 unspecified atom stereocenters. The van der Waals surface area contributed by atoms with E-state index in [2.05, 4.69) is 27.3 Å². The summed E-state index contributed by atoms with van der Waals surface area (Å²) in [6.07, 6.45) is 2.37. The monoisotopic (exact) mass is 338 g/mol. The molecule has 130 valence electrons. The predicted molar refractivity (Wildman–Crippen MR) is 93.7 cm³/mol. The summed E-state index contributed by atoms with van der Waals surface area (Å²) in [4.78, 5) is 17.5. The van der Waals surface area contributed by atoms with Crippen LogP contribution in [0.25, 0.3) is 0 Å². The first-order valence-electron chi connectivity index (χ1n) is 8.46. The minimum atomic E-state index is -0.220. The molecule has 0 bridgehead atoms. The lowest BCUT2D eigenvalue weighted by atomic mass is 9.91. The van der Waals surface area contributed by atoms with Gasteiger partial charge in [0.15, 0.2) is 0 Å². The second kappa shape index (κ2) is 7.97. The summed E-state index contributed by atoms with van der Waals surface area (Å²) in [6, 6.07) is 13.6. The van der Waals surface area contributed by atoms with Gasteiger partial charge in [-0.1, -0.05) is 30.3 Å². The van der Waals surface area contributed by atoms with Crippen LogP contribution in [0.2, 0.25) is 0 Å². The van der Waals surface area contributed by atoms with E-state index in [1.54, 1.807) is 0 Å². The number of benzene rings is 1. The lowest BCUT2D eigenvalue weighted by Gasteiger charge is -2.38. The largest absolute Gasteiger partial charge is 0.396 e. The number of likely N-dealkylation sites (tertiary alicyclic amines) is 1. The van der Waals surface area contributed by atoms with Gasteiger partial charge in [-0.2, -0.15) is 5.26 Å². The van der Waals surface area contributed by atoms with Crippen molar-refractivity contribution in [3.8, 4) is 6.07 Å². The molecule has 2 atom stereocenters. The first kappa shape index (κ1) is 17.2. The molecule has 1 fully saturated rings. The van der Waals surface area contributed by atoms with Crippen molar-refractivity contribution < 1.29 is 9.90 Å². The maximum atomic E-state index is 12.4. The van der Waals surface area contributed by atoms with Gasteiger partial charge < -0.3 is 15.4 Å². The topological polar surface area (TPSA) is 92.2 Å². The van der Waals surface area contributed by atoms with Crippen molar-refractivity contribution in [1.29, 1.82) is 5.26 Å². The second-order valence-electron chi connectivity index (χ2n) is 6.45. The summed E-state index contributed by atoms with van der Waals surface area (Å²) in [5.74, 6) is -0.173. The molecule has 2 aromatic rings. The zero-order valence-electron chi connectivity index (χ0n) is 14.0. The Bertz CT molecular complexity index is 750. The van der Waals surface area contributed by atoms with Crippen LogP contribution in [0.3, 0.4) is 0 Å². The molecule has 0 spiro atoms. The Morgan fingerprint density at radius 1 is 1.40 bits per heavy atom. The van der Waals surface area contributed by atoms with Crippen LogP contribution in [0.15, 0.2) is 42.6 Å². The molecule has 3 N–H and O–H groups in total. The molecule has 0 saturated carbocycles. The molecule has 2 heterocycles. The van der Waals surface area contributed by atoms with Crippen LogP contribution in [0.4, 0.5) is 0 Å². The number of carbonyl (C=O) groups is 1. The second-order valence-corrected chi connectivity index (χ2v) is 6.45. The number of H-pyrrole nitrogens is 1. The van der Waals surface area contributed by atoms with Gasteiger partial charge in [0, 0.05) is 37.9 Å². The van der Waals surface area contributed by atoms with E-state index in [9.17, 15) is 9.90 Å². The molecular formula is C19H22N4O2. The molecule has 6 nitrogen and oxygen atoms in total. The zero-order chi connectivity index (χ0) is 17.6. The Morgan fingerprint density at radius 2 is 2.20 bits per heavy atom. The van der Waals surface area contributed by atoms with Crippen molar-refractivity contribution in [2.75, 3.05) is 19.7 Å². The van der Waals surface area contributed by atoms with Gasteiger partial charge in [0.2, 0.25) is 0 Å². The van der Waals surface area contributed by atoms with Gasteiger partial charge in [-0.05, 0) is 24.6 Å². The van der Waals surface area contributed by atoms with Gasteiger partial charge in [0.05, 0.1) is 5.56 Å². The fourth-order valence-electron chi connectivity index (χ4n) is 3.28. The fraction of sp³-hybridized carbons (Fsp3) is 0.368. The number of carbonyl (C=O) groups excluding carboxylic acids is 1. The van der Waals surface area contributed by atoms with E-state index < -0.39 is 0 Å². The third-order valence-electron chi connectivity index (χ3n) is 4.71. The van der Waals surface area contributed by atoms with E-state index >= 15 is 0 Å². The molecule has 1 aliphatic heterocycles. The van der Waals surface area contributed by atoms with E-state index in [1.165, 1.54) is 17.8 Å². The van der Waals surface area contributed by atoms with Gasteiger partial charge in [-0.25, -0.2) is 0 Å². The fourth-order valence-corrected chi connectivity index (χ4v) is 3.28. The number of piperidine rings is 1. The Hall–Kier alpha value is -2.62. The standard InChI is InChI=1S/C19H22N4O2/c20-9-17-8-16(10-21-17)19(25)22-18-12-23(7-6-15(18)13-24)11-14-4-2-1-3-5-14/h1-5,8,10,15,18,21,24H,6-7,11-13H2,(H,22,25). The smallest absolute Gasteiger partial charge is 0.253 e. The lowest BCUT2D eigenvalue weighted by molar-refractivity contribution is 0.0730. The number of hydrogen-bond donors (Lipinski definition) is 3. The third-order valence-corrected chi connectivity index (χ3v) is 4.71. The van der Waals surface area contributed by atoms with Gasteiger partial charge >= 0.3 is 0 Å². The Morgan fingerprint density at radius 3 is 2.88 bits per heavy atom. The van der Waals surface area contributed by atoms with E-state index in [0.717, 1.165) is 19.5 Å². The molecule has 0 radical (unpaired) electrons. The van der Waals surface area contributed by atoms with E-state index in [-0.39, 0.29) is 24.5 Å². The maximum absolute atomic E-state index is 12.4. The van der Waals surface area contributed by atoms with Crippen LogP contribution in [0.1, 0.15) is 28.0 Å². The van der Waals surface area contributed by atoms with Crippen molar-refractivity contribution >= 4 is 5.91 Å². The number of aromatic nitrogens is 1. The summed E-state index contributed by atoms with van der Waals surface area (Å²) in [6.45, 7) is 2.48. The molecule has 6 heteroatoms. The molecule has 25 heavy (non-hydrogen) atoms. The van der Waals surface area contributed by atoms with Crippen LogP contribution in [0.5, 0.6) is 0 Å². The van der Waals surface area contributed by atoms with Gasteiger partial charge in [-0.3, -0.25) is 9.69 Å². The van der Waals surface area contributed by atoms with Crippen LogP contribution in [-0.2, 0) is 6.54 Å². The number of amides is 1. The number of nitriles is 1. The quantitative estimate of drug-likeness (QED) is 0.770. The number of nitrogens with zero attached hydrogens (tertiary/aromatic N) is 2. The molecule has 0 aliphatic carbocycles.